The molecule has 7 heteroatoms. The van der Waals surface area contributed by atoms with Gasteiger partial charge in [-0.15, -0.1) is 4.40 Å². The number of fused-ring (bicyclic) bond motifs is 1. The molecule has 0 aromatic carbocycles. The van der Waals surface area contributed by atoms with Gasteiger partial charge in [0, 0.05) is 0 Å². The van der Waals surface area contributed by atoms with Gasteiger partial charge in [-0.1, -0.05) is 0 Å². The summed E-state index contributed by atoms with van der Waals surface area (Å²) in [5.41, 5.74) is 1.58. The van der Waals surface area contributed by atoms with Gasteiger partial charge < -0.3 is 0 Å². The molecule has 0 amide bonds. The van der Waals surface area contributed by atoms with Crippen molar-refractivity contribution in [2.45, 2.75) is 0 Å². The number of thioether (sulfide) groups is 1. The molecule has 0 fully saturated rings. The van der Waals surface area contributed by atoms with Crippen molar-refractivity contribution in [3.05, 3.63) is 0 Å². The monoisotopic (exact) mass is 191 g/mol. The SMILES string of the molecule is O=S1(=O)CCN2N=CSC2=N1. The zero-order valence-corrected chi connectivity index (χ0v) is 7.10. The molecule has 0 aliphatic carbocycles. The molecule has 2 aliphatic rings. The highest BCUT2D eigenvalue weighted by Crippen LogP contribution is 2.19. The van der Waals surface area contributed by atoms with E-state index >= 15 is 0 Å². The molecule has 5 nitrogen and oxygen atoms in total. The first-order valence-corrected chi connectivity index (χ1v) is 5.45. The summed E-state index contributed by atoms with van der Waals surface area (Å²) in [6, 6.07) is 0. The van der Waals surface area contributed by atoms with Crippen LogP contribution in [0.4, 0.5) is 0 Å². The van der Waals surface area contributed by atoms with Crippen LogP contribution < -0.4 is 0 Å². The Morgan fingerprint density at radius 3 is 3.27 bits per heavy atom. The van der Waals surface area contributed by atoms with Gasteiger partial charge in [0.1, 0.15) is 0 Å². The lowest BCUT2D eigenvalue weighted by Gasteiger charge is -2.17. The van der Waals surface area contributed by atoms with Crippen LogP contribution in [0, 0.1) is 0 Å². The molecule has 0 aromatic rings. The molecule has 0 N–H and O–H groups in total. The molecule has 0 unspecified atom stereocenters. The number of hydrazone groups is 1. The minimum Gasteiger partial charge on any atom is -0.240 e. The molecule has 2 heterocycles. The third kappa shape index (κ3) is 1.25. The first kappa shape index (κ1) is 7.11. The van der Waals surface area contributed by atoms with Crippen molar-refractivity contribution in [2.75, 3.05) is 12.3 Å². The lowest BCUT2D eigenvalue weighted by molar-refractivity contribution is 0.475. The molecular formula is C4H5N3O2S2. The van der Waals surface area contributed by atoms with Gasteiger partial charge in [0.15, 0.2) is 0 Å². The van der Waals surface area contributed by atoms with E-state index in [0.29, 0.717) is 11.7 Å². The molecule has 60 valence electrons. The maximum Gasteiger partial charge on any atom is 0.257 e. The summed E-state index contributed by atoms with van der Waals surface area (Å²) >= 11 is 1.23. The highest BCUT2D eigenvalue weighted by atomic mass is 32.2. The molecule has 0 saturated heterocycles. The van der Waals surface area contributed by atoms with Crippen LogP contribution in [0.5, 0.6) is 0 Å². The van der Waals surface area contributed by atoms with E-state index in [1.165, 1.54) is 11.8 Å². The predicted molar refractivity (Wildman–Crippen MR) is 44.0 cm³/mol. The van der Waals surface area contributed by atoms with Crippen LogP contribution in [-0.4, -0.2) is 36.4 Å². The number of nitrogens with zero attached hydrogens (tertiary/aromatic N) is 3. The zero-order valence-electron chi connectivity index (χ0n) is 5.47. The molecule has 11 heavy (non-hydrogen) atoms. The second-order valence-corrected chi connectivity index (χ2v) is 4.69. The van der Waals surface area contributed by atoms with Crippen LogP contribution in [0.1, 0.15) is 0 Å². The lowest BCUT2D eigenvalue weighted by Crippen LogP contribution is -2.31. The van der Waals surface area contributed by atoms with Crippen LogP contribution in [0.25, 0.3) is 0 Å². The van der Waals surface area contributed by atoms with Crippen LogP contribution in [-0.2, 0) is 10.0 Å². The molecule has 2 rings (SSSR count). The standard InChI is InChI=1S/C4H5N3O2S2/c8-11(9)2-1-7-4(6-11)10-3-5-7/h3H,1-2H2. The van der Waals surface area contributed by atoms with Crippen LogP contribution in [0.3, 0.4) is 0 Å². The van der Waals surface area contributed by atoms with E-state index in [1.807, 2.05) is 0 Å². The van der Waals surface area contributed by atoms with Crippen molar-refractivity contribution >= 4 is 32.5 Å². The van der Waals surface area contributed by atoms with Crippen LogP contribution >= 0.6 is 11.8 Å². The third-order valence-corrected chi connectivity index (χ3v) is 3.32. The highest BCUT2D eigenvalue weighted by molar-refractivity contribution is 8.25. The minimum absolute atomic E-state index is 0.0639. The summed E-state index contributed by atoms with van der Waals surface area (Å²) in [6.07, 6.45) is 0. The quantitative estimate of drug-likeness (QED) is 0.526. The van der Waals surface area contributed by atoms with Gasteiger partial charge in [0.05, 0.1) is 17.8 Å². The average molecular weight is 191 g/mol. The number of hydrogen-bond acceptors (Lipinski definition) is 5. The average Bonchev–Trinajstić information content (AvgIpc) is 2.31. The molecular weight excluding hydrogens is 186 g/mol. The zero-order chi connectivity index (χ0) is 7.90. The molecule has 0 spiro atoms. The summed E-state index contributed by atoms with van der Waals surface area (Å²) < 4.78 is 25.3. The second kappa shape index (κ2) is 2.21. The Morgan fingerprint density at radius 2 is 2.45 bits per heavy atom. The fourth-order valence-corrected chi connectivity index (χ4v) is 2.68. The van der Waals surface area contributed by atoms with Crippen molar-refractivity contribution < 1.29 is 8.42 Å². The Hall–Kier alpha value is -0.560. The summed E-state index contributed by atoms with van der Waals surface area (Å²) in [7, 11) is -3.19. The van der Waals surface area contributed by atoms with E-state index in [2.05, 4.69) is 9.50 Å². The van der Waals surface area contributed by atoms with Crippen molar-refractivity contribution in [3.63, 3.8) is 0 Å². The van der Waals surface area contributed by atoms with Gasteiger partial charge >= 0.3 is 0 Å². The number of hydrogen-bond donors (Lipinski definition) is 0. The molecule has 0 atom stereocenters. The van der Waals surface area contributed by atoms with E-state index in [9.17, 15) is 8.42 Å². The topological polar surface area (TPSA) is 62.1 Å². The van der Waals surface area contributed by atoms with E-state index in [1.54, 1.807) is 10.6 Å². The number of rotatable bonds is 0. The molecule has 2 aliphatic heterocycles. The van der Waals surface area contributed by atoms with Crippen molar-refractivity contribution in [1.29, 1.82) is 0 Å². The van der Waals surface area contributed by atoms with Crippen molar-refractivity contribution in [2.24, 2.45) is 9.50 Å². The summed E-state index contributed by atoms with van der Waals surface area (Å²) in [6.45, 7) is 0.421. The first-order valence-electron chi connectivity index (χ1n) is 2.97. The minimum atomic E-state index is -3.19. The third-order valence-electron chi connectivity index (χ3n) is 1.34. The van der Waals surface area contributed by atoms with E-state index in [4.69, 9.17) is 0 Å². The summed E-state index contributed by atoms with van der Waals surface area (Å²) in [5.74, 6) is 0.0639. The van der Waals surface area contributed by atoms with Gasteiger partial charge in [0.25, 0.3) is 10.0 Å². The smallest absolute Gasteiger partial charge is 0.240 e. The summed E-state index contributed by atoms with van der Waals surface area (Å²) in [5, 5.41) is 5.96. The Balaban J connectivity index is 2.41. The Labute approximate surface area is 68.2 Å². The maximum atomic E-state index is 10.9. The van der Waals surface area contributed by atoms with Crippen LogP contribution in [0.2, 0.25) is 0 Å². The van der Waals surface area contributed by atoms with Gasteiger partial charge in [-0.3, -0.25) is 0 Å². The van der Waals surface area contributed by atoms with E-state index in [0.717, 1.165) is 0 Å². The predicted octanol–water partition coefficient (Wildman–Crippen LogP) is -0.322. The number of sulfonamides is 1. The van der Waals surface area contributed by atoms with Gasteiger partial charge in [0.2, 0.25) is 5.17 Å². The summed E-state index contributed by atoms with van der Waals surface area (Å²) in [4.78, 5) is 0. The Morgan fingerprint density at radius 1 is 1.64 bits per heavy atom. The second-order valence-electron chi connectivity index (χ2n) is 2.12. The molecule has 0 radical (unpaired) electrons. The molecule has 0 bridgehead atoms. The Kier molecular flexibility index (Phi) is 1.43. The molecule has 0 saturated carbocycles. The first-order chi connectivity index (χ1) is 5.17. The van der Waals surface area contributed by atoms with Crippen molar-refractivity contribution in [1.82, 2.24) is 5.01 Å². The van der Waals surface area contributed by atoms with Gasteiger partial charge in [-0.05, 0) is 11.8 Å². The van der Waals surface area contributed by atoms with Crippen LogP contribution in [0.15, 0.2) is 9.50 Å². The van der Waals surface area contributed by atoms with E-state index < -0.39 is 10.0 Å². The Bertz CT molecular complexity index is 331. The fourth-order valence-electron chi connectivity index (χ4n) is 0.826. The van der Waals surface area contributed by atoms with E-state index in [-0.39, 0.29) is 5.75 Å². The number of amidine groups is 1. The van der Waals surface area contributed by atoms with Crippen molar-refractivity contribution in [3.8, 4) is 0 Å². The highest BCUT2D eigenvalue weighted by Gasteiger charge is 2.26. The van der Waals surface area contributed by atoms with Gasteiger partial charge in [-0.25, -0.2) is 13.4 Å². The largest absolute Gasteiger partial charge is 0.257 e. The normalized spacial score (nSPS) is 26.5. The molecule has 0 aromatic heterocycles. The lowest BCUT2D eigenvalue weighted by atomic mass is 10.7. The fraction of sp³-hybridized carbons (Fsp3) is 0.500. The maximum absolute atomic E-state index is 10.9. The van der Waals surface area contributed by atoms with Gasteiger partial charge in [-0.2, -0.15) is 5.10 Å².